The van der Waals surface area contributed by atoms with Crippen molar-refractivity contribution in [1.82, 2.24) is 4.90 Å². The third kappa shape index (κ3) is 3.13. The second kappa shape index (κ2) is 7.21. The van der Waals surface area contributed by atoms with E-state index in [1.54, 1.807) is 26.4 Å². The zero-order chi connectivity index (χ0) is 16.9. The lowest BCUT2D eigenvalue weighted by molar-refractivity contribution is -0.364. The van der Waals surface area contributed by atoms with E-state index >= 15 is 0 Å². The van der Waals surface area contributed by atoms with E-state index in [0.29, 0.717) is 30.2 Å². The summed E-state index contributed by atoms with van der Waals surface area (Å²) < 4.78 is 10.7. The van der Waals surface area contributed by atoms with Gasteiger partial charge in [-0.2, -0.15) is 0 Å². The predicted molar refractivity (Wildman–Crippen MR) is 90.7 cm³/mol. The Hall–Kier alpha value is -2.76. The molecule has 0 atom stereocenters. The number of methoxy groups -OCH3 is 2. The first-order valence-electron chi connectivity index (χ1n) is 7.96. The zero-order valence-corrected chi connectivity index (χ0v) is 14.0. The highest BCUT2D eigenvalue weighted by molar-refractivity contribution is 5.98. The van der Waals surface area contributed by atoms with Gasteiger partial charge in [0.15, 0.2) is 11.5 Å². The van der Waals surface area contributed by atoms with Crippen molar-refractivity contribution in [3.05, 3.63) is 48.2 Å². The molecule has 1 amide bonds. The van der Waals surface area contributed by atoms with Crippen LogP contribution in [-0.4, -0.2) is 51.2 Å². The number of aromatic amines is 1. The molecule has 6 heteroatoms. The van der Waals surface area contributed by atoms with E-state index in [9.17, 15) is 4.79 Å². The molecule has 1 aliphatic heterocycles. The average Bonchev–Trinajstić information content (AvgIpc) is 2.67. The third-order valence-corrected chi connectivity index (χ3v) is 4.23. The minimum Gasteiger partial charge on any atom is -0.493 e. The summed E-state index contributed by atoms with van der Waals surface area (Å²) in [4.78, 5) is 20.2. The van der Waals surface area contributed by atoms with Gasteiger partial charge in [0.25, 0.3) is 11.7 Å². The van der Waals surface area contributed by atoms with Crippen LogP contribution in [0.3, 0.4) is 0 Å². The van der Waals surface area contributed by atoms with Gasteiger partial charge in [-0.15, -0.1) is 0 Å². The third-order valence-electron chi connectivity index (χ3n) is 4.23. The highest BCUT2D eigenvalue weighted by atomic mass is 16.5. The Morgan fingerprint density at radius 2 is 1.79 bits per heavy atom. The van der Waals surface area contributed by atoms with Crippen molar-refractivity contribution in [3.8, 4) is 11.5 Å². The summed E-state index contributed by atoms with van der Waals surface area (Å²) in [5.74, 6) is 2.11. The average molecular weight is 328 g/mol. The normalized spacial score (nSPS) is 14.4. The number of benzene rings is 1. The molecule has 1 aromatic heterocycles. The number of nitrogens with zero attached hydrogens (tertiary/aromatic N) is 2. The van der Waals surface area contributed by atoms with Crippen LogP contribution in [0.2, 0.25) is 0 Å². The summed E-state index contributed by atoms with van der Waals surface area (Å²) in [6.07, 6.45) is 1.91. The maximum atomic E-state index is 12.9. The minimum absolute atomic E-state index is 0.0255. The second-order valence-electron chi connectivity index (χ2n) is 5.57. The van der Waals surface area contributed by atoms with Gasteiger partial charge in [0, 0.05) is 6.07 Å². The Labute approximate surface area is 141 Å². The minimum atomic E-state index is -0.0255. The lowest BCUT2D eigenvalue weighted by atomic mass is 10.1. The van der Waals surface area contributed by atoms with Crippen LogP contribution in [0.1, 0.15) is 10.4 Å². The summed E-state index contributed by atoms with van der Waals surface area (Å²) in [7, 11) is 3.12. The number of piperazine rings is 1. The molecule has 2 heterocycles. The van der Waals surface area contributed by atoms with E-state index in [0.717, 1.165) is 18.9 Å². The first-order valence-corrected chi connectivity index (χ1v) is 7.96. The van der Waals surface area contributed by atoms with E-state index in [1.807, 2.05) is 35.4 Å². The van der Waals surface area contributed by atoms with Crippen molar-refractivity contribution in [2.45, 2.75) is 0 Å². The Bertz CT molecular complexity index is 698. The van der Waals surface area contributed by atoms with Crippen LogP contribution in [0, 0.1) is 0 Å². The molecule has 1 saturated heterocycles. The summed E-state index contributed by atoms with van der Waals surface area (Å²) in [5, 5.41) is 0. The molecule has 0 bridgehead atoms. The number of pyridine rings is 1. The zero-order valence-electron chi connectivity index (χ0n) is 14.0. The molecule has 1 fully saturated rings. The number of para-hydroxylation sites is 1. The standard InChI is InChI=1S/C18H21N3O3/c1-23-15-7-5-6-14(17(15)24-2)18(22)21-12-10-20(11-13-21)16-8-3-4-9-19-16/h3-9H,10-13H2,1-2H3/p+1. The van der Waals surface area contributed by atoms with Crippen LogP contribution < -0.4 is 19.4 Å². The number of H-pyrrole nitrogens is 1. The molecule has 3 rings (SSSR count). The monoisotopic (exact) mass is 328 g/mol. The van der Waals surface area contributed by atoms with Crippen LogP contribution in [0.15, 0.2) is 42.6 Å². The maximum Gasteiger partial charge on any atom is 0.274 e. The molecule has 6 nitrogen and oxygen atoms in total. The predicted octanol–water partition coefficient (Wildman–Crippen LogP) is 1.48. The fourth-order valence-electron chi connectivity index (χ4n) is 2.96. The molecule has 2 aromatic rings. The van der Waals surface area contributed by atoms with Crippen molar-refractivity contribution in [1.29, 1.82) is 0 Å². The van der Waals surface area contributed by atoms with Crippen LogP contribution in [-0.2, 0) is 0 Å². The number of amides is 1. The molecule has 0 unspecified atom stereocenters. The van der Waals surface area contributed by atoms with E-state index < -0.39 is 0 Å². The molecule has 0 saturated carbocycles. The molecule has 1 aliphatic rings. The fourth-order valence-corrected chi connectivity index (χ4v) is 2.96. The molecular formula is C18H22N3O3+. The van der Waals surface area contributed by atoms with Gasteiger partial charge >= 0.3 is 0 Å². The molecule has 1 N–H and O–H groups in total. The van der Waals surface area contributed by atoms with Crippen LogP contribution in [0.5, 0.6) is 11.5 Å². The molecular weight excluding hydrogens is 306 g/mol. The highest BCUT2D eigenvalue weighted by Crippen LogP contribution is 2.31. The molecule has 126 valence electrons. The van der Waals surface area contributed by atoms with Gasteiger partial charge in [0.05, 0.1) is 39.1 Å². The van der Waals surface area contributed by atoms with Gasteiger partial charge < -0.3 is 14.4 Å². The van der Waals surface area contributed by atoms with Crippen molar-refractivity contribution >= 4 is 11.7 Å². The summed E-state index contributed by atoms with van der Waals surface area (Å²) in [6.45, 7) is 2.92. The summed E-state index contributed by atoms with van der Waals surface area (Å²) in [6, 6.07) is 11.4. The molecule has 0 spiro atoms. The van der Waals surface area contributed by atoms with Gasteiger partial charge in [-0.1, -0.05) is 12.1 Å². The van der Waals surface area contributed by atoms with Crippen molar-refractivity contribution < 1.29 is 19.3 Å². The van der Waals surface area contributed by atoms with Gasteiger partial charge in [0.1, 0.15) is 13.1 Å². The van der Waals surface area contributed by atoms with E-state index in [4.69, 9.17) is 9.47 Å². The lowest BCUT2D eigenvalue weighted by Crippen LogP contribution is -2.50. The van der Waals surface area contributed by atoms with Gasteiger partial charge in [-0.05, 0) is 18.2 Å². The van der Waals surface area contributed by atoms with E-state index in [2.05, 4.69) is 9.88 Å². The quantitative estimate of drug-likeness (QED) is 0.853. The van der Waals surface area contributed by atoms with E-state index in [-0.39, 0.29) is 5.91 Å². The number of rotatable bonds is 4. The number of aromatic nitrogens is 1. The van der Waals surface area contributed by atoms with Crippen molar-refractivity contribution in [2.75, 3.05) is 45.3 Å². The Morgan fingerprint density at radius 1 is 1.00 bits per heavy atom. The number of hydrogen-bond acceptors (Lipinski definition) is 4. The highest BCUT2D eigenvalue weighted by Gasteiger charge is 2.28. The van der Waals surface area contributed by atoms with Gasteiger partial charge in [-0.25, -0.2) is 4.98 Å². The number of ether oxygens (including phenoxy) is 2. The topological polar surface area (TPSA) is 56.2 Å². The Balaban J connectivity index is 1.72. The van der Waals surface area contributed by atoms with Gasteiger partial charge in [-0.3, -0.25) is 9.69 Å². The Morgan fingerprint density at radius 3 is 2.42 bits per heavy atom. The second-order valence-corrected chi connectivity index (χ2v) is 5.57. The van der Waals surface area contributed by atoms with Crippen LogP contribution >= 0.6 is 0 Å². The Kier molecular flexibility index (Phi) is 4.84. The molecule has 0 radical (unpaired) electrons. The van der Waals surface area contributed by atoms with Gasteiger partial charge in [0.2, 0.25) is 0 Å². The lowest BCUT2D eigenvalue weighted by Gasteiger charge is -2.31. The van der Waals surface area contributed by atoms with E-state index in [1.165, 1.54) is 0 Å². The largest absolute Gasteiger partial charge is 0.493 e. The first-order chi connectivity index (χ1) is 11.7. The maximum absolute atomic E-state index is 12.9. The van der Waals surface area contributed by atoms with Crippen LogP contribution in [0.4, 0.5) is 5.82 Å². The van der Waals surface area contributed by atoms with Crippen molar-refractivity contribution in [3.63, 3.8) is 0 Å². The molecule has 1 aromatic carbocycles. The molecule has 24 heavy (non-hydrogen) atoms. The fraction of sp³-hybridized carbons (Fsp3) is 0.333. The number of nitrogens with one attached hydrogen (secondary N) is 1. The SMILES string of the molecule is COc1cccc(C(=O)N2CCN(c3cccc[nH+]3)CC2)c1OC. The first kappa shape index (κ1) is 16.1. The smallest absolute Gasteiger partial charge is 0.274 e. The van der Waals surface area contributed by atoms with Crippen molar-refractivity contribution in [2.24, 2.45) is 0 Å². The number of carbonyl (C=O) groups excluding carboxylic acids is 1. The number of anilines is 1. The number of carbonyl (C=O) groups is 1. The summed E-state index contributed by atoms with van der Waals surface area (Å²) >= 11 is 0. The number of hydrogen-bond donors (Lipinski definition) is 0. The summed E-state index contributed by atoms with van der Waals surface area (Å²) in [5.41, 5.74) is 0.538. The van der Waals surface area contributed by atoms with Crippen LogP contribution in [0.25, 0.3) is 0 Å². The molecule has 0 aliphatic carbocycles.